The highest BCUT2D eigenvalue weighted by molar-refractivity contribution is 5.36. The molecule has 1 rings (SSSR count). The Balaban J connectivity index is 2.32. The summed E-state index contributed by atoms with van der Waals surface area (Å²) in [7, 11) is 0. The highest BCUT2D eigenvalue weighted by atomic mass is 16.5. The van der Waals surface area contributed by atoms with E-state index < -0.39 is 0 Å². The lowest BCUT2D eigenvalue weighted by molar-refractivity contribution is 0.305. The third-order valence-electron chi connectivity index (χ3n) is 2.08. The molecule has 0 aliphatic rings. The third kappa shape index (κ3) is 6.06. The molecule has 5 nitrogen and oxygen atoms in total. The van der Waals surface area contributed by atoms with Crippen LogP contribution in [0.25, 0.3) is 0 Å². The first-order chi connectivity index (χ1) is 8.22. The van der Waals surface area contributed by atoms with Crippen LogP contribution in [0.15, 0.2) is 12.4 Å². The van der Waals surface area contributed by atoms with Gasteiger partial charge in [-0.15, -0.1) is 0 Å². The van der Waals surface area contributed by atoms with Crippen molar-refractivity contribution in [2.75, 3.05) is 25.0 Å². The maximum Gasteiger partial charge on any atom is 0.218 e. The Kier molecular flexibility index (Phi) is 6.32. The summed E-state index contributed by atoms with van der Waals surface area (Å²) in [5.74, 6) is 1.43. The van der Waals surface area contributed by atoms with E-state index in [1.165, 1.54) is 6.33 Å². The molecule has 0 bridgehead atoms. The first kappa shape index (κ1) is 13.7. The van der Waals surface area contributed by atoms with Crippen LogP contribution < -0.4 is 15.4 Å². The van der Waals surface area contributed by atoms with Crippen molar-refractivity contribution in [3.63, 3.8) is 0 Å². The minimum absolute atomic E-state index is 0.505. The quantitative estimate of drug-likeness (QED) is 0.675. The van der Waals surface area contributed by atoms with Crippen LogP contribution >= 0.6 is 0 Å². The number of hydrogen-bond donors (Lipinski definition) is 2. The van der Waals surface area contributed by atoms with Crippen molar-refractivity contribution in [3.8, 4) is 5.88 Å². The van der Waals surface area contributed by atoms with Crippen molar-refractivity contribution in [1.29, 1.82) is 0 Å². The van der Waals surface area contributed by atoms with Crippen molar-refractivity contribution < 1.29 is 4.74 Å². The molecule has 1 heterocycles. The molecule has 2 N–H and O–H groups in total. The monoisotopic (exact) mass is 238 g/mol. The summed E-state index contributed by atoms with van der Waals surface area (Å²) < 4.78 is 5.43. The Hall–Kier alpha value is -1.36. The van der Waals surface area contributed by atoms with Crippen molar-refractivity contribution >= 4 is 5.82 Å². The zero-order valence-corrected chi connectivity index (χ0v) is 10.9. The molecule has 0 aliphatic carbocycles. The average molecular weight is 238 g/mol. The lowest BCUT2D eigenvalue weighted by atomic mass is 10.4. The molecule has 5 heteroatoms. The second-order valence-electron chi connectivity index (χ2n) is 4.13. The van der Waals surface area contributed by atoms with Gasteiger partial charge in [0.15, 0.2) is 0 Å². The molecule has 0 fully saturated rings. The van der Waals surface area contributed by atoms with Gasteiger partial charge in [-0.05, 0) is 6.42 Å². The molecule has 0 saturated heterocycles. The van der Waals surface area contributed by atoms with Gasteiger partial charge in [-0.1, -0.05) is 20.8 Å². The maximum absolute atomic E-state index is 5.43. The molecule has 0 atom stereocenters. The van der Waals surface area contributed by atoms with E-state index in [9.17, 15) is 0 Å². The smallest absolute Gasteiger partial charge is 0.218 e. The highest BCUT2D eigenvalue weighted by Gasteiger charge is 1.99. The molecule has 0 amide bonds. The van der Waals surface area contributed by atoms with Gasteiger partial charge in [0.05, 0.1) is 6.61 Å². The van der Waals surface area contributed by atoms with Gasteiger partial charge >= 0.3 is 0 Å². The molecule has 0 aliphatic heterocycles. The van der Waals surface area contributed by atoms with E-state index in [1.54, 1.807) is 0 Å². The Morgan fingerprint density at radius 1 is 1.29 bits per heavy atom. The van der Waals surface area contributed by atoms with Gasteiger partial charge in [0.2, 0.25) is 5.88 Å². The number of rotatable bonds is 8. The maximum atomic E-state index is 5.43. The normalized spacial score (nSPS) is 10.6. The van der Waals surface area contributed by atoms with E-state index in [1.807, 2.05) is 6.07 Å². The summed E-state index contributed by atoms with van der Waals surface area (Å²) in [6.45, 7) is 8.75. The molecule has 0 saturated carbocycles. The lowest BCUT2D eigenvalue weighted by Gasteiger charge is -2.10. The number of ether oxygens (including phenoxy) is 1. The molecule has 0 spiro atoms. The molecule has 17 heavy (non-hydrogen) atoms. The topological polar surface area (TPSA) is 59.1 Å². The van der Waals surface area contributed by atoms with Crippen LogP contribution in [0.4, 0.5) is 5.82 Å². The molecule has 1 aromatic heterocycles. The predicted molar refractivity (Wildman–Crippen MR) is 69.4 cm³/mol. The number of nitrogens with one attached hydrogen (secondary N) is 2. The Bertz CT molecular complexity index is 317. The minimum atomic E-state index is 0.505. The Morgan fingerprint density at radius 3 is 2.82 bits per heavy atom. The van der Waals surface area contributed by atoms with E-state index in [4.69, 9.17) is 4.74 Å². The van der Waals surface area contributed by atoms with Crippen molar-refractivity contribution in [3.05, 3.63) is 12.4 Å². The summed E-state index contributed by atoms with van der Waals surface area (Å²) in [5.41, 5.74) is 0. The van der Waals surface area contributed by atoms with Crippen LogP contribution in [0.2, 0.25) is 0 Å². The molecule has 0 radical (unpaired) electrons. The number of hydrogen-bond acceptors (Lipinski definition) is 5. The van der Waals surface area contributed by atoms with Crippen LogP contribution in [0, 0.1) is 0 Å². The van der Waals surface area contributed by atoms with Crippen LogP contribution in [-0.4, -0.2) is 35.7 Å². The fourth-order valence-corrected chi connectivity index (χ4v) is 1.27. The van der Waals surface area contributed by atoms with Crippen LogP contribution in [0.5, 0.6) is 5.88 Å². The fraction of sp³-hybridized carbons (Fsp3) is 0.667. The van der Waals surface area contributed by atoms with Crippen molar-refractivity contribution in [2.24, 2.45) is 0 Å². The number of aromatic nitrogens is 2. The van der Waals surface area contributed by atoms with Crippen LogP contribution in [0.1, 0.15) is 27.2 Å². The molecule has 1 aromatic rings. The Labute approximate surface area is 103 Å². The van der Waals surface area contributed by atoms with Crippen molar-refractivity contribution in [2.45, 2.75) is 33.2 Å². The van der Waals surface area contributed by atoms with Gasteiger partial charge in [0.25, 0.3) is 0 Å². The second kappa shape index (κ2) is 7.84. The van der Waals surface area contributed by atoms with Crippen LogP contribution in [-0.2, 0) is 0 Å². The standard InChI is InChI=1S/C12H22N4O/c1-4-7-17-12-8-11(15-9-16-12)14-6-5-13-10(2)3/h8-10,13H,4-7H2,1-3H3,(H,14,15,16). The Morgan fingerprint density at radius 2 is 2.12 bits per heavy atom. The van der Waals surface area contributed by atoms with E-state index in [2.05, 4.69) is 41.4 Å². The average Bonchev–Trinajstić information content (AvgIpc) is 2.32. The number of nitrogens with zero attached hydrogens (tertiary/aromatic N) is 2. The second-order valence-corrected chi connectivity index (χ2v) is 4.13. The van der Waals surface area contributed by atoms with Gasteiger partial charge in [0.1, 0.15) is 12.1 Å². The van der Waals surface area contributed by atoms with E-state index in [0.29, 0.717) is 18.5 Å². The summed E-state index contributed by atoms with van der Waals surface area (Å²) in [6, 6.07) is 2.33. The van der Waals surface area contributed by atoms with Gasteiger partial charge in [0, 0.05) is 25.2 Å². The zero-order valence-electron chi connectivity index (χ0n) is 10.9. The zero-order chi connectivity index (χ0) is 12.5. The molecule has 0 unspecified atom stereocenters. The summed E-state index contributed by atoms with van der Waals surface area (Å²) >= 11 is 0. The van der Waals surface area contributed by atoms with E-state index in [-0.39, 0.29) is 0 Å². The largest absolute Gasteiger partial charge is 0.478 e. The predicted octanol–water partition coefficient (Wildman–Crippen LogP) is 1.68. The summed E-state index contributed by atoms with van der Waals surface area (Å²) in [6.07, 6.45) is 2.49. The SMILES string of the molecule is CCCOc1cc(NCCNC(C)C)ncn1. The van der Waals surface area contributed by atoms with Crippen LogP contribution in [0.3, 0.4) is 0 Å². The van der Waals surface area contributed by atoms with Gasteiger partial charge in [-0.2, -0.15) is 0 Å². The van der Waals surface area contributed by atoms with Gasteiger partial charge in [-0.3, -0.25) is 0 Å². The minimum Gasteiger partial charge on any atom is -0.478 e. The van der Waals surface area contributed by atoms with Crippen molar-refractivity contribution in [1.82, 2.24) is 15.3 Å². The molecule has 0 aromatic carbocycles. The summed E-state index contributed by atoms with van der Waals surface area (Å²) in [4.78, 5) is 8.18. The highest BCUT2D eigenvalue weighted by Crippen LogP contribution is 2.10. The number of anilines is 1. The van der Waals surface area contributed by atoms with Gasteiger partial charge < -0.3 is 15.4 Å². The van der Waals surface area contributed by atoms with E-state index >= 15 is 0 Å². The first-order valence-corrected chi connectivity index (χ1v) is 6.14. The third-order valence-corrected chi connectivity index (χ3v) is 2.08. The summed E-state index contributed by atoms with van der Waals surface area (Å²) in [5, 5.41) is 6.55. The molecular formula is C12H22N4O. The lowest BCUT2D eigenvalue weighted by Crippen LogP contribution is -2.28. The fourth-order valence-electron chi connectivity index (χ4n) is 1.27. The first-order valence-electron chi connectivity index (χ1n) is 6.14. The molecule has 96 valence electrons. The van der Waals surface area contributed by atoms with Gasteiger partial charge in [-0.25, -0.2) is 9.97 Å². The van der Waals surface area contributed by atoms with E-state index in [0.717, 1.165) is 25.3 Å². The molecular weight excluding hydrogens is 216 g/mol.